The maximum Gasteiger partial charge on any atom is 0.254 e. The number of fused-ring (bicyclic) bond motifs is 1. The smallest absolute Gasteiger partial charge is 0.254 e. The highest BCUT2D eigenvalue weighted by Crippen LogP contribution is 2.27. The normalized spacial score (nSPS) is 26.5. The number of methoxy groups -OCH3 is 1. The third kappa shape index (κ3) is 2.84. The van der Waals surface area contributed by atoms with E-state index < -0.39 is 6.10 Å². The average Bonchev–Trinajstić information content (AvgIpc) is 3.07. The Morgan fingerprint density at radius 2 is 2.13 bits per heavy atom. The van der Waals surface area contributed by atoms with Crippen molar-refractivity contribution >= 4 is 11.8 Å². The molecule has 0 aromatic heterocycles. The summed E-state index contributed by atoms with van der Waals surface area (Å²) in [5.41, 5.74) is 1.62. The van der Waals surface area contributed by atoms with Crippen LogP contribution in [-0.2, 0) is 16.1 Å². The van der Waals surface area contributed by atoms with Crippen LogP contribution in [0.1, 0.15) is 28.8 Å². The maximum absolute atomic E-state index is 12.5. The van der Waals surface area contributed by atoms with E-state index in [2.05, 4.69) is 0 Å². The van der Waals surface area contributed by atoms with E-state index in [1.165, 1.54) is 0 Å². The van der Waals surface area contributed by atoms with Crippen molar-refractivity contribution in [3.8, 4) is 0 Å². The van der Waals surface area contributed by atoms with Crippen molar-refractivity contribution in [2.45, 2.75) is 37.6 Å². The molecule has 1 heterocycles. The van der Waals surface area contributed by atoms with Crippen molar-refractivity contribution in [1.82, 2.24) is 9.80 Å². The molecule has 0 bridgehead atoms. The highest BCUT2D eigenvalue weighted by Gasteiger charge is 2.39. The minimum atomic E-state index is -0.680. The molecular formula is C17H22N2O4. The number of ether oxygens (including phenoxy) is 1. The Hall–Kier alpha value is -1.92. The lowest BCUT2D eigenvalue weighted by Crippen LogP contribution is -2.48. The molecule has 1 saturated carbocycles. The minimum Gasteiger partial charge on any atom is -0.388 e. The average molecular weight is 318 g/mol. The monoisotopic (exact) mass is 318 g/mol. The van der Waals surface area contributed by atoms with Crippen molar-refractivity contribution < 1.29 is 19.4 Å². The summed E-state index contributed by atoms with van der Waals surface area (Å²) in [7, 11) is 3.25. The number of aliphatic hydroxyl groups is 1. The summed E-state index contributed by atoms with van der Waals surface area (Å²) in [5, 5.41) is 10.2. The summed E-state index contributed by atoms with van der Waals surface area (Å²) in [4.78, 5) is 27.9. The molecule has 3 atom stereocenters. The molecule has 6 heteroatoms. The Labute approximate surface area is 135 Å². The number of likely N-dealkylation sites (N-methyl/N-ethyl adjacent to an activating group) is 1. The molecule has 0 saturated heterocycles. The fourth-order valence-corrected chi connectivity index (χ4v) is 3.51. The van der Waals surface area contributed by atoms with Crippen LogP contribution < -0.4 is 0 Å². The van der Waals surface area contributed by atoms with Gasteiger partial charge in [0.05, 0.1) is 12.1 Å². The van der Waals surface area contributed by atoms with E-state index in [1.54, 1.807) is 30.0 Å². The fraction of sp³-hybridized carbons (Fsp3) is 0.529. The third-order valence-corrected chi connectivity index (χ3v) is 4.94. The maximum atomic E-state index is 12.5. The molecule has 23 heavy (non-hydrogen) atoms. The van der Waals surface area contributed by atoms with Gasteiger partial charge in [-0.15, -0.1) is 0 Å². The van der Waals surface area contributed by atoms with Gasteiger partial charge in [0.15, 0.2) is 0 Å². The lowest BCUT2D eigenvalue weighted by atomic mass is 10.1. The van der Waals surface area contributed by atoms with Gasteiger partial charge in [-0.25, -0.2) is 0 Å². The number of hydrogen-bond donors (Lipinski definition) is 1. The zero-order chi connectivity index (χ0) is 16.6. The van der Waals surface area contributed by atoms with Gasteiger partial charge in [-0.3, -0.25) is 9.59 Å². The zero-order valence-electron chi connectivity index (χ0n) is 13.4. The highest BCUT2D eigenvalue weighted by atomic mass is 16.5. The summed E-state index contributed by atoms with van der Waals surface area (Å²) in [6.45, 7) is 0.493. The van der Waals surface area contributed by atoms with E-state index in [0.717, 1.165) is 12.0 Å². The first-order chi connectivity index (χ1) is 11.0. The second kappa shape index (κ2) is 6.29. The number of benzene rings is 1. The Morgan fingerprint density at radius 3 is 2.78 bits per heavy atom. The third-order valence-electron chi connectivity index (χ3n) is 4.94. The number of nitrogens with zero attached hydrogens (tertiary/aromatic N) is 2. The van der Waals surface area contributed by atoms with Crippen LogP contribution in [0.2, 0.25) is 0 Å². The standard InChI is InChI=1S/C17H22N2O4/c1-18(13-7-8-14(23-2)16(13)21)15(20)10-19-9-11-5-3-4-6-12(11)17(19)22/h3-6,13-14,16,21H,7-10H2,1-2H3/t13-,14-,16-/m1/s1. The first-order valence-corrected chi connectivity index (χ1v) is 7.86. The number of carbonyl (C=O) groups excluding carboxylic acids is 2. The number of carbonyl (C=O) groups is 2. The van der Waals surface area contributed by atoms with Gasteiger partial charge >= 0.3 is 0 Å². The molecular weight excluding hydrogens is 296 g/mol. The van der Waals surface area contributed by atoms with Crippen LogP contribution in [0.4, 0.5) is 0 Å². The molecule has 1 fully saturated rings. The Bertz CT molecular complexity index is 618. The van der Waals surface area contributed by atoms with Crippen LogP contribution in [0.5, 0.6) is 0 Å². The molecule has 0 radical (unpaired) electrons. The molecule has 0 unspecified atom stereocenters. The molecule has 1 aromatic carbocycles. The van der Waals surface area contributed by atoms with Gasteiger partial charge in [0.2, 0.25) is 5.91 Å². The van der Waals surface area contributed by atoms with Crippen LogP contribution in [0.25, 0.3) is 0 Å². The van der Waals surface area contributed by atoms with Gasteiger partial charge in [0.25, 0.3) is 5.91 Å². The summed E-state index contributed by atoms with van der Waals surface area (Å²) >= 11 is 0. The lowest BCUT2D eigenvalue weighted by molar-refractivity contribution is -0.135. The second-order valence-electron chi connectivity index (χ2n) is 6.23. The van der Waals surface area contributed by atoms with Crippen molar-refractivity contribution in [2.75, 3.05) is 20.7 Å². The lowest BCUT2D eigenvalue weighted by Gasteiger charge is -2.29. The van der Waals surface area contributed by atoms with Crippen LogP contribution in [0, 0.1) is 0 Å². The van der Waals surface area contributed by atoms with Gasteiger partial charge in [0.1, 0.15) is 12.6 Å². The van der Waals surface area contributed by atoms with E-state index in [0.29, 0.717) is 18.5 Å². The van der Waals surface area contributed by atoms with Crippen molar-refractivity contribution in [2.24, 2.45) is 0 Å². The van der Waals surface area contributed by atoms with E-state index in [9.17, 15) is 14.7 Å². The first-order valence-electron chi connectivity index (χ1n) is 7.86. The molecule has 1 aliphatic carbocycles. The van der Waals surface area contributed by atoms with Gasteiger partial charge < -0.3 is 19.6 Å². The van der Waals surface area contributed by atoms with E-state index in [4.69, 9.17) is 4.74 Å². The number of amides is 2. The SMILES string of the molecule is CO[C@@H]1CC[C@@H](N(C)C(=O)CN2Cc3ccccc3C2=O)[C@H]1O. The van der Waals surface area contributed by atoms with Gasteiger partial charge in [-0.05, 0) is 24.5 Å². The second-order valence-corrected chi connectivity index (χ2v) is 6.23. The molecule has 1 N–H and O–H groups in total. The fourth-order valence-electron chi connectivity index (χ4n) is 3.51. The van der Waals surface area contributed by atoms with E-state index >= 15 is 0 Å². The van der Waals surface area contributed by atoms with Crippen LogP contribution in [0.15, 0.2) is 24.3 Å². The highest BCUT2D eigenvalue weighted by molar-refractivity contribution is 6.00. The van der Waals surface area contributed by atoms with Gasteiger partial charge in [-0.1, -0.05) is 18.2 Å². The Kier molecular flexibility index (Phi) is 4.37. The zero-order valence-corrected chi connectivity index (χ0v) is 13.4. The molecule has 6 nitrogen and oxygen atoms in total. The molecule has 0 spiro atoms. The van der Waals surface area contributed by atoms with Crippen molar-refractivity contribution in [3.05, 3.63) is 35.4 Å². The van der Waals surface area contributed by atoms with Crippen molar-refractivity contribution in [1.29, 1.82) is 0 Å². The van der Waals surface area contributed by atoms with E-state index in [-0.39, 0.29) is 30.5 Å². The first kappa shape index (κ1) is 16.0. The van der Waals surface area contributed by atoms with E-state index in [1.807, 2.05) is 18.2 Å². The Balaban J connectivity index is 1.63. The van der Waals surface area contributed by atoms with Gasteiger partial charge in [-0.2, -0.15) is 0 Å². The summed E-state index contributed by atoms with van der Waals surface area (Å²) < 4.78 is 5.22. The molecule has 2 aliphatic rings. The van der Waals surface area contributed by atoms with Crippen LogP contribution in [-0.4, -0.2) is 65.7 Å². The Morgan fingerprint density at radius 1 is 1.39 bits per heavy atom. The summed E-state index contributed by atoms with van der Waals surface area (Å²) in [5.74, 6) is -0.268. The predicted octanol–water partition coefficient (Wildman–Crippen LogP) is 0.639. The van der Waals surface area contributed by atoms with Crippen LogP contribution >= 0.6 is 0 Å². The minimum absolute atomic E-state index is 0.0326. The largest absolute Gasteiger partial charge is 0.388 e. The van der Waals surface area contributed by atoms with Crippen molar-refractivity contribution in [3.63, 3.8) is 0 Å². The quantitative estimate of drug-likeness (QED) is 0.884. The molecule has 124 valence electrons. The summed E-state index contributed by atoms with van der Waals surface area (Å²) in [6.07, 6.45) is 0.526. The predicted molar refractivity (Wildman–Crippen MR) is 83.8 cm³/mol. The molecule has 3 rings (SSSR count). The van der Waals surface area contributed by atoms with Gasteiger partial charge in [0, 0.05) is 26.3 Å². The molecule has 1 aromatic rings. The summed E-state index contributed by atoms with van der Waals surface area (Å²) in [6, 6.07) is 7.16. The molecule has 2 amide bonds. The van der Waals surface area contributed by atoms with Crippen LogP contribution in [0.3, 0.4) is 0 Å². The number of hydrogen-bond acceptors (Lipinski definition) is 4. The topological polar surface area (TPSA) is 70.1 Å². The molecule has 1 aliphatic heterocycles. The number of rotatable bonds is 4. The number of aliphatic hydroxyl groups excluding tert-OH is 1.